The second kappa shape index (κ2) is 7.98. The molecular formula is C21H16Br2O2. The van der Waals surface area contributed by atoms with Gasteiger partial charge in [0.1, 0.15) is 5.75 Å². The zero-order chi connectivity index (χ0) is 17.8. The van der Waals surface area contributed by atoms with Gasteiger partial charge in [0.2, 0.25) is 0 Å². The van der Waals surface area contributed by atoms with Crippen molar-refractivity contribution in [1.29, 1.82) is 0 Å². The van der Waals surface area contributed by atoms with E-state index < -0.39 is 0 Å². The fourth-order valence-electron chi connectivity index (χ4n) is 2.60. The van der Waals surface area contributed by atoms with Gasteiger partial charge in [-0.15, -0.1) is 0 Å². The molecule has 4 heteroatoms. The van der Waals surface area contributed by atoms with Crippen LogP contribution in [0.3, 0.4) is 0 Å². The van der Waals surface area contributed by atoms with Crippen LogP contribution < -0.4 is 4.74 Å². The molecule has 3 aromatic rings. The second-order valence-corrected chi connectivity index (χ2v) is 7.06. The summed E-state index contributed by atoms with van der Waals surface area (Å²) in [4.78, 5) is 12.8. The first-order valence-corrected chi connectivity index (χ1v) is 9.67. The number of rotatable bonds is 5. The summed E-state index contributed by atoms with van der Waals surface area (Å²) in [7, 11) is 1.59. The maximum atomic E-state index is 12.8. The summed E-state index contributed by atoms with van der Waals surface area (Å²) in [6.45, 7) is 0. The molecule has 0 bridgehead atoms. The van der Waals surface area contributed by atoms with Crippen LogP contribution in [-0.4, -0.2) is 12.9 Å². The van der Waals surface area contributed by atoms with Crippen LogP contribution in [0.25, 0.3) is 11.1 Å². The lowest BCUT2D eigenvalue weighted by Crippen LogP contribution is -2.04. The van der Waals surface area contributed by atoms with E-state index >= 15 is 0 Å². The second-order valence-electron chi connectivity index (χ2n) is 5.58. The molecule has 2 nitrogen and oxygen atoms in total. The molecule has 0 aliphatic rings. The van der Waals surface area contributed by atoms with E-state index in [1.807, 2.05) is 30.3 Å². The lowest BCUT2D eigenvalue weighted by molar-refractivity contribution is 0.103. The molecular weight excluding hydrogens is 444 g/mol. The van der Waals surface area contributed by atoms with E-state index in [2.05, 4.69) is 56.1 Å². The Morgan fingerprint density at radius 2 is 1.56 bits per heavy atom. The van der Waals surface area contributed by atoms with Crippen molar-refractivity contribution in [3.8, 4) is 16.9 Å². The van der Waals surface area contributed by atoms with Gasteiger partial charge in [0, 0.05) is 15.4 Å². The molecule has 0 aliphatic heterocycles. The summed E-state index contributed by atoms with van der Waals surface area (Å²) in [6.07, 6.45) is 0. The van der Waals surface area contributed by atoms with Crippen molar-refractivity contribution in [2.45, 2.75) is 5.33 Å². The predicted octanol–water partition coefficient (Wildman–Crippen LogP) is 6.25. The fraction of sp³-hybridized carbons (Fsp3) is 0.0952. The molecule has 0 atom stereocenters. The quantitative estimate of drug-likeness (QED) is 0.333. The standard InChI is InChI=1S/C21H16Br2O2/c1-25-20-12-17(15-4-2-14(13-22)3-5-15)8-11-19(20)21(24)16-6-9-18(23)10-7-16/h2-12H,13H2,1H3. The van der Waals surface area contributed by atoms with Gasteiger partial charge >= 0.3 is 0 Å². The predicted molar refractivity (Wildman–Crippen MR) is 109 cm³/mol. The Balaban J connectivity index is 1.96. The first kappa shape index (κ1) is 17.9. The lowest BCUT2D eigenvalue weighted by Gasteiger charge is -2.11. The van der Waals surface area contributed by atoms with E-state index in [-0.39, 0.29) is 5.78 Å². The third kappa shape index (κ3) is 4.02. The minimum absolute atomic E-state index is 0.0504. The Morgan fingerprint density at radius 3 is 2.16 bits per heavy atom. The van der Waals surface area contributed by atoms with Gasteiger partial charge in [0.25, 0.3) is 0 Å². The summed E-state index contributed by atoms with van der Waals surface area (Å²) < 4.78 is 6.42. The number of benzene rings is 3. The van der Waals surface area contributed by atoms with E-state index in [4.69, 9.17) is 4.74 Å². The van der Waals surface area contributed by atoms with E-state index in [0.29, 0.717) is 16.9 Å². The number of alkyl halides is 1. The van der Waals surface area contributed by atoms with Crippen LogP contribution in [0.1, 0.15) is 21.5 Å². The number of ketones is 1. The molecule has 3 rings (SSSR count). The van der Waals surface area contributed by atoms with Gasteiger partial charge in [0.15, 0.2) is 5.78 Å². The fourth-order valence-corrected chi connectivity index (χ4v) is 3.24. The molecule has 0 fully saturated rings. The van der Waals surface area contributed by atoms with Crippen LogP contribution >= 0.6 is 31.9 Å². The Bertz CT molecular complexity index is 885. The number of hydrogen-bond donors (Lipinski definition) is 0. The van der Waals surface area contributed by atoms with Crippen molar-refractivity contribution < 1.29 is 9.53 Å². The molecule has 0 saturated heterocycles. The number of methoxy groups -OCH3 is 1. The van der Waals surface area contributed by atoms with Crippen LogP contribution in [0.5, 0.6) is 5.75 Å². The molecule has 0 radical (unpaired) electrons. The molecule has 25 heavy (non-hydrogen) atoms. The molecule has 126 valence electrons. The summed E-state index contributed by atoms with van der Waals surface area (Å²) in [5, 5.41) is 0.831. The van der Waals surface area contributed by atoms with Crippen LogP contribution in [-0.2, 0) is 5.33 Å². The highest BCUT2D eigenvalue weighted by molar-refractivity contribution is 9.10. The number of hydrogen-bond acceptors (Lipinski definition) is 2. The highest BCUT2D eigenvalue weighted by Gasteiger charge is 2.15. The number of ether oxygens (including phenoxy) is 1. The highest BCUT2D eigenvalue weighted by Crippen LogP contribution is 2.29. The zero-order valence-electron chi connectivity index (χ0n) is 13.6. The van der Waals surface area contributed by atoms with E-state index in [9.17, 15) is 4.79 Å². The summed E-state index contributed by atoms with van der Waals surface area (Å²) in [5.74, 6) is 0.528. The van der Waals surface area contributed by atoms with Crippen molar-refractivity contribution in [3.05, 3.63) is 87.9 Å². The minimum atomic E-state index is -0.0504. The largest absolute Gasteiger partial charge is 0.496 e. The molecule has 0 spiro atoms. The van der Waals surface area contributed by atoms with Gasteiger partial charge in [-0.05, 0) is 53.1 Å². The van der Waals surface area contributed by atoms with Crippen LogP contribution in [0.4, 0.5) is 0 Å². The van der Waals surface area contributed by atoms with Crippen molar-refractivity contribution in [2.75, 3.05) is 7.11 Å². The number of halogens is 2. The SMILES string of the molecule is COc1cc(-c2ccc(CBr)cc2)ccc1C(=O)c1ccc(Br)cc1. The van der Waals surface area contributed by atoms with Crippen molar-refractivity contribution in [3.63, 3.8) is 0 Å². The highest BCUT2D eigenvalue weighted by atomic mass is 79.9. The number of carbonyl (C=O) groups is 1. The molecule has 0 N–H and O–H groups in total. The normalized spacial score (nSPS) is 10.5. The van der Waals surface area contributed by atoms with Crippen molar-refractivity contribution in [1.82, 2.24) is 0 Å². The zero-order valence-corrected chi connectivity index (χ0v) is 16.8. The smallest absolute Gasteiger partial charge is 0.196 e. The average molecular weight is 460 g/mol. The number of carbonyl (C=O) groups excluding carboxylic acids is 1. The molecule has 0 unspecified atom stereocenters. The Morgan fingerprint density at radius 1 is 0.920 bits per heavy atom. The van der Waals surface area contributed by atoms with E-state index in [1.165, 1.54) is 5.56 Å². The molecule has 0 aliphatic carbocycles. The van der Waals surface area contributed by atoms with Gasteiger partial charge in [-0.1, -0.05) is 62.2 Å². The van der Waals surface area contributed by atoms with Gasteiger partial charge in [0.05, 0.1) is 12.7 Å². The minimum Gasteiger partial charge on any atom is -0.496 e. The molecule has 0 aromatic heterocycles. The van der Waals surface area contributed by atoms with Crippen LogP contribution in [0, 0.1) is 0 Å². The third-order valence-corrected chi connectivity index (χ3v) is 5.17. The van der Waals surface area contributed by atoms with E-state index in [0.717, 1.165) is 20.9 Å². The first-order valence-electron chi connectivity index (χ1n) is 7.76. The molecule has 0 heterocycles. The van der Waals surface area contributed by atoms with Gasteiger partial charge in [-0.3, -0.25) is 4.79 Å². The van der Waals surface area contributed by atoms with E-state index in [1.54, 1.807) is 19.2 Å². The molecule has 0 amide bonds. The average Bonchev–Trinajstić information content (AvgIpc) is 2.67. The Labute approximate surface area is 164 Å². The summed E-state index contributed by atoms with van der Waals surface area (Å²) in [6, 6.07) is 21.3. The maximum Gasteiger partial charge on any atom is 0.196 e. The monoisotopic (exact) mass is 458 g/mol. The van der Waals surface area contributed by atoms with Gasteiger partial charge in [-0.25, -0.2) is 0 Å². The molecule has 0 saturated carbocycles. The third-order valence-electron chi connectivity index (χ3n) is 3.99. The Hall–Kier alpha value is -1.91. The molecule has 3 aromatic carbocycles. The van der Waals surface area contributed by atoms with Crippen LogP contribution in [0.2, 0.25) is 0 Å². The maximum absolute atomic E-state index is 12.8. The summed E-state index contributed by atoms with van der Waals surface area (Å²) in [5.41, 5.74) is 4.52. The Kier molecular flexibility index (Phi) is 5.71. The lowest BCUT2D eigenvalue weighted by atomic mass is 9.98. The summed E-state index contributed by atoms with van der Waals surface area (Å²) >= 11 is 6.84. The van der Waals surface area contributed by atoms with Crippen LogP contribution in [0.15, 0.2) is 71.2 Å². The first-order chi connectivity index (χ1) is 12.1. The van der Waals surface area contributed by atoms with Crippen molar-refractivity contribution >= 4 is 37.6 Å². The van der Waals surface area contributed by atoms with Gasteiger partial charge < -0.3 is 4.74 Å². The van der Waals surface area contributed by atoms with Gasteiger partial charge in [-0.2, -0.15) is 0 Å². The van der Waals surface area contributed by atoms with Crippen molar-refractivity contribution in [2.24, 2.45) is 0 Å². The topological polar surface area (TPSA) is 26.3 Å².